The predicted molar refractivity (Wildman–Crippen MR) is 61.2 cm³/mol. The number of halogens is 3. The fourth-order valence-electron chi connectivity index (χ4n) is 1.07. The van der Waals surface area contributed by atoms with Gasteiger partial charge >= 0.3 is 0 Å². The minimum Gasteiger partial charge on any atom is -0.389 e. The Hall–Kier alpha value is -0.0000000000000000555. The number of thiol groups is 1. The van der Waals surface area contributed by atoms with Gasteiger partial charge in [0.1, 0.15) is 11.9 Å². The summed E-state index contributed by atoms with van der Waals surface area (Å²) in [6, 6.07) is 2.34. The highest BCUT2D eigenvalue weighted by Crippen LogP contribution is 2.29. The van der Waals surface area contributed by atoms with E-state index in [0.717, 1.165) is 6.07 Å². The first-order chi connectivity index (χ1) is 6.97. The van der Waals surface area contributed by atoms with E-state index in [1.165, 1.54) is 6.07 Å². The summed E-state index contributed by atoms with van der Waals surface area (Å²) in [6.45, 7) is 0. The molecule has 6 heteroatoms. The average Bonchev–Trinajstić information content (AvgIpc) is 2.23. The van der Waals surface area contributed by atoms with Crippen LogP contribution in [-0.2, 0) is 0 Å². The minimum atomic E-state index is -1.23. The Balaban J connectivity index is 3.06. The van der Waals surface area contributed by atoms with Gasteiger partial charge in [-0.1, -0.05) is 23.2 Å². The molecule has 1 rings (SSSR count). The SMILES string of the molecule is OC(CS)C(O)c1cc(F)c(Cl)c(Cl)c1. The maximum Gasteiger partial charge on any atom is 0.143 e. The van der Waals surface area contributed by atoms with E-state index in [9.17, 15) is 14.6 Å². The Morgan fingerprint density at radius 3 is 2.40 bits per heavy atom. The summed E-state index contributed by atoms with van der Waals surface area (Å²) in [6.07, 6.45) is -2.31. The molecule has 0 amide bonds. The van der Waals surface area contributed by atoms with Crippen LogP contribution in [0.2, 0.25) is 10.0 Å². The van der Waals surface area contributed by atoms with Gasteiger partial charge in [-0.15, -0.1) is 0 Å². The number of rotatable bonds is 3. The number of hydrogen-bond donors (Lipinski definition) is 3. The lowest BCUT2D eigenvalue weighted by Gasteiger charge is -2.16. The van der Waals surface area contributed by atoms with Crippen molar-refractivity contribution in [3.05, 3.63) is 33.6 Å². The van der Waals surface area contributed by atoms with E-state index in [-0.39, 0.29) is 21.4 Å². The maximum atomic E-state index is 13.1. The summed E-state index contributed by atoms with van der Waals surface area (Å²) in [4.78, 5) is 0. The van der Waals surface area contributed by atoms with E-state index in [2.05, 4.69) is 12.6 Å². The fourth-order valence-corrected chi connectivity index (χ4v) is 1.59. The van der Waals surface area contributed by atoms with Gasteiger partial charge in [-0.2, -0.15) is 12.6 Å². The molecule has 0 saturated carbocycles. The summed E-state index contributed by atoms with van der Waals surface area (Å²) >= 11 is 14.9. The highest BCUT2D eigenvalue weighted by molar-refractivity contribution is 7.80. The molecule has 1 aromatic rings. The molecule has 0 aromatic heterocycles. The monoisotopic (exact) mass is 270 g/mol. The van der Waals surface area contributed by atoms with Gasteiger partial charge < -0.3 is 10.2 Å². The summed E-state index contributed by atoms with van der Waals surface area (Å²) in [5.41, 5.74) is 0.170. The average molecular weight is 271 g/mol. The van der Waals surface area contributed by atoms with Crippen LogP contribution in [0.15, 0.2) is 12.1 Å². The van der Waals surface area contributed by atoms with Crippen molar-refractivity contribution in [1.82, 2.24) is 0 Å². The molecule has 84 valence electrons. The van der Waals surface area contributed by atoms with Gasteiger partial charge in [0.2, 0.25) is 0 Å². The maximum absolute atomic E-state index is 13.1. The molecule has 0 heterocycles. The molecule has 0 bridgehead atoms. The number of benzene rings is 1. The molecule has 2 N–H and O–H groups in total. The van der Waals surface area contributed by atoms with Gasteiger partial charge in [-0.25, -0.2) is 4.39 Å². The van der Waals surface area contributed by atoms with Gasteiger partial charge in [-0.3, -0.25) is 0 Å². The first-order valence-electron chi connectivity index (χ1n) is 4.08. The molecule has 0 aliphatic heterocycles. The number of hydrogen-bond acceptors (Lipinski definition) is 3. The molecule has 0 aliphatic carbocycles. The molecule has 2 unspecified atom stereocenters. The smallest absolute Gasteiger partial charge is 0.143 e. The summed E-state index contributed by atoms with van der Waals surface area (Å²) < 4.78 is 13.1. The van der Waals surface area contributed by atoms with Crippen LogP contribution in [-0.4, -0.2) is 22.1 Å². The van der Waals surface area contributed by atoms with Crippen LogP contribution in [0.4, 0.5) is 4.39 Å². The first kappa shape index (κ1) is 13.1. The second-order valence-corrected chi connectivity index (χ2v) is 4.14. The van der Waals surface area contributed by atoms with E-state index in [1.54, 1.807) is 0 Å². The van der Waals surface area contributed by atoms with Crippen LogP contribution in [0.1, 0.15) is 11.7 Å². The van der Waals surface area contributed by atoms with Gasteiger partial charge in [0.05, 0.1) is 16.1 Å². The van der Waals surface area contributed by atoms with Gasteiger partial charge in [-0.05, 0) is 17.7 Å². The van der Waals surface area contributed by atoms with Gasteiger partial charge in [0.15, 0.2) is 0 Å². The van der Waals surface area contributed by atoms with Crippen molar-refractivity contribution in [2.75, 3.05) is 5.75 Å². The van der Waals surface area contributed by atoms with Crippen LogP contribution in [0.3, 0.4) is 0 Å². The third-order valence-electron chi connectivity index (χ3n) is 1.90. The Morgan fingerprint density at radius 1 is 1.33 bits per heavy atom. The van der Waals surface area contributed by atoms with Gasteiger partial charge in [0, 0.05) is 5.75 Å². The lowest BCUT2D eigenvalue weighted by Crippen LogP contribution is -2.19. The van der Waals surface area contributed by atoms with E-state index >= 15 is 0 Å². The molecular weight excluding hydrogens is 262 g/mol. The number of aliphatic hydroxyl groups excluding tert-OH is 2. The largest absolute Gasteiger partial charge is 0.389 e. The zero-order valence-corrected chi connectivity index (χ0v) is 9.90. The van der Waals surface area contributed by atoms with Crippen molar-refractivity contribution in [1.29, 1.82) is 0 Å². The second kappa shape index (κ2) is 5.37. The Kier molecular flexibility index (Phi) is 4.67. The zero-order valence-electron chi connectivity index (χ0n) is 7.49. The molecule has 0 saturated heterocycles. The standard InChI is InChI=1S/C9H9Cl2FO2S/c10-5-1-4(2-6(12)8(5)11)9(14)7(13)3-15/h1-2,7,9,13-15H,3H2. The van der Waals surface area contributed by atoms with Crippen molar-refractivity contribution in [2.24, 2.45) is 0 Å². The first-order valence-corrected chi connectivity index (χ1v) is 5.47. The molecule has 2 nitrogen and oxygen atoms in total. The van der Waals surface area contributed by atoms with Crippen LogP contribution >= 0.6 is 35.8 Å². The van der Waals surface area contributed by atoms with Crippen LogP contribution < -0.4 is 0 Å². The molecule has 1 aromatic carbocycles. The third kappa shape index (κ3) is 2.98. The van der Waals surface area contributed by atoms with Gasteiger partial charge in [0.25, 0.3) is 0 Å². The lowest BCUT2D eigenvalue weighted by molar-refractivity contribution is 0.0336. The molecule has 2 atom stereocenters. The highest BCUT2D eigenvalue weighted by atomic mass is 35.5. The second-order valence-electron chi connectivity index (χ2n) is 2.99. The molecular formula is C9H9Cl2FO2S. The molecule has 0 spiro atoms. The van der Waals surface area contributed by atoms with E-state index < -0.39 is 18.0 Å². The third-order valence-corrected chi connectivity index (χ3v) is 3.05. The van der Waals surface area contributed by atoms with E-state index in [4.69, 9.17) is 23.2 Å². The lowest BCUT2D eigenvalue weighted by atomic mass is 10.1. The Labute approximate surface area is 102 Å². The van der Waals surface area contributed by atoms with E-state index in [1.807, 2.05) is 0 Å². The van der Waals surface area contributed by atoms with Crippen LogP contribution in [0.25, 0.3) is 0 Å². The van der Waals surface area contributed by atoms with E-state index in [0.29, 0.717) is 0 Å². The van der Waals surface area contributed by atoms with Crippen LogP contribution in [0, 0.1) is 5.82 Å². The van der Waals surface area contributed by atoms with Crippen molar-refractivity contribution in [3.63, 3.8) is 0 Å². The molecule has 0 fully saturated rings. The predicted octanol–water partition coefficient (Wildman–Crippen LogP) is 2.46. The van der Waals surface area contributed by atoms with Crippen molar-refractivity contribution >= 4 is 35.8 Å². The number of aliphatic hydroxyl groups is 2. The minimum absolute atomic E-state index is 0.00270. The quantitative estimate of drug-likeness (QED) is 0.584. The normalized spacial score (nSPS) is 15.1. The zero-order chi connectivity index (χ0) is 11.6. The summed E-state index contributed by atoms with van der Waals surface area (Å²) in [7, 11) is 0. The van der Waals surface area contributed by atoms with Crippen molar-refractivity contribution in [2.45, 2.75) is 12.2 Å². The highest BCUT2D eigenvalue weighted by Gasteiger charge is 2.19. The fraction of sp³-hybridized carbons (Fsp3) is 0.333. The topological polar surface area (TPSA) is 40.5 Å². The molecule has 0 radical (unpaired) electrons. The summed E-state index contributed by atoms with van der Waals surface area (Å²) in [5, 5.41) is 18.7. The Bertz CT molecular complexity index is 339. The van der Waals surface area contributed by atoms with Crippen molar-refractivity contribution in [3.8, 4) is 0 Å². The molecule has 0 aliphatic rings. The molecule has 15 heavy (non-hydrogen) atoms. The Morgan fingerprint density at radius 2 is 1.93 bits per heavy atom. The summed E-state index contributed by atoms with van der Waals surface area (Å²) in [5.74, 6) is -0.673. The van der Waals surface area contributed by atoms with Crippen molar-refractivity contribution < 1.29 is 14.6 Å². The van der Waals surface area contributed by atoms with Crippen LogP contribution in [0.5, 0.6) is 0 Å².